The van der Waals surface area contributed by atoms with Gasteiger partial charge in [0, 0.05) is 36.9 Å². The number of amides is 1. The first-order valence-electron chi connectivity index (χ1n) is 11.1. The molecule has 1 aliphatic rings. The average molecular weight is 471 g/mol. The highest BCUT2D eigenvalue weighted by Gasteiger charge is 2.31. The van der Waals surface area contributed by atoms with Crippen molar-refractivity contribution >= 4 is 17.7 Å². The smallest absolute Gasteiger partial charge is 0.347 e. The lowest BCUT2D eigenvalue weighted by Gasteiger charge is -2.28. The first kappa shape index (κ1) is 25.0. The van der Waals surface area contributed by atoms with Gasteiger partial charge in [0.05, 0.1) is 12.7 Å². The third-order valence-electron chi connectivity index (χ3n) is 5.68. The van der Waals surface area contributed by atoms with Gasteiger partial charge in [-0.25, -0.2) is 9.78 Å². The minimum absolute atomic E-state index is 0.00102. The number of hydrogen-bond acceptors (Lipinski definition) is 7. The predicted molar refractivity (Wildman–Crippen MR) is 123 cm³/mol. The van der Waals surface area contributed by atoms with E-state index in [4.69, 9.17) is 14.2 Å². The van der Waals surface area contributed by atoms with Crippen molar-refractivity contribution in [3.05, 3.63) is 47.7 Å². The molecule has 2 aromatic rings. The quantitative estimate of drug-likeness (QED) is 0.535. The predicted octanol–water partition coefficient (Wildman–Crippen LogP) is 3.39. The number of nitrogens with one attached hydrogen (secondary N) is 1. The Bertz CT molecular complexity index is 1040. The molecule has 0 spiro atoms. The summed E-state index contributed by atoms with van der Waals surface area (Å²) < 4.78 is 16.8. The average Bonchev–Trinajstić information content (AvgIpc) is 2.79. The molecule has 1 amide bonds. The van der Waals surface area contributed by atoms with Gasteiger partial charge in [0.1, 0.15) is 17.6 Å². The molecule has 1 aliphatic carbocycles. The van der Waals surface area contributed by atoms with Crippen LogP contribution in [0.25, 0.3) is 0 Å². The van der Waals surface area contributed by atoms with Crippen molar-refractivity contribution < 1.29 is 33.7 Å². The van der Waals surface area contributed by atoms with Gasteiger partial charge in [0.25, 0.3) is 0 Å². The Morgan fingerprint density at radius 1 is 1.09 bits per heavy atom. The van der Waals surface area contributed by atoms with Gasteiger partial charge in [-0.2, -0.15) is 0 Å². The maximum absolute atomic E-state index is 13.2. The van der Waals surface area contributed by atoms with Gasteiger partial charge in [-0.15, -0.1) is 0 Å². The minimum Gasteiger partial charge on any atom is -0.497 e. The van der Waals surface area contributed by atoms with Crippen LogP contribution in [-0.4, -0.2) is 52.6 Å². The number of hydrogen-bond donors (Lipinski definition) is 2. The minimum atomic E-state index is -1.55. The molecule has 0 saturated heterocycles. The lowest BCUT2D eigenvalue weighted by atomic mass is 9.93. The lowest BCUT2D eigenvalue weighted by molar-refractivity contribution is -0.152. The van der Waals surface area contributed by atoms with Crippen molar-refractivity contribution in [1.82, 2.24) is 10.3 Å². The summed E-state index contributed by atoms with van der Waals surface area (Å²) in [7, 11) is 1.47. The molecule has 0 radical (unpaired) electrons. The fourth-order valence-electron chi connectivity index (χ4n) is 3.74. The second kappa shape index (κ2) is 10.5. The molecule has 1 fully saturated rings. The molecule has 182 valence electrons. The summed E-state index contributed by atoms with van der Waals surface area (Å²) in [5.74, 6) is -0.603. The van der Waals surface area contributed by atoms with Crippen LogP contribution in [0.4, 0.5) is 0 Å². The Morgan fingerprint density at radius 3 is 2.35 bits per heavy atom. The fraction of sp³-hybridized carbons (Fsp3) is 0.440. The molecule has 0 bridgehead atoms. The van der Waals surface area contributed by atoms with Gasteiger partial charge in [0.2, 0.25) is 11.8 Å². The van der Waals surface area contributed by atoms with Crippen molar-refractivity contribution in [2.24, 2.45) is 0 Å². The number of benzene rings is 1. The molecule has 0 atom stereocenters. The van der Waals surface area contributed by atoms with Crippen LogP contribution in [0, 0.1) is 0 Å². The van der Waals surface area contributed by atoms with E-state index in [0.717, 1.165) is 25.7 Å². The van der Waals surface area contributed by atoms with E-state index in [-0.39, 0.29) is 35.1 Å². The molecule has 0 unspecified atom stereocenters. The van der Waals surface area contributed by atoms with E-state index in [0.29, 0.717) is 17.2 Å². The number of ether oxygens (including phenoxy) is 3. The van der Waals surface area contributed by atoms with Crippen LogP contribution in [0.15, 0.2) is 36.5 Å². The van der Waals surface area contributed by atoms with Crippen molar-refractivity contribution in [2.45, 2.75) is 64.2 Å². The number of carboxylic acids is 1. The van der Waals surface area contributed by atoms with E-state index in [9.17, 15) is 19.5 Å². The molecular formula is C25H30N2O7. The second-order valence-corrected chi connectivity index (χ2v) is 8.79. The summed E-state index contributed by atoms with van der Waals surface area (Å²) in [6.45, 7) is 4.32. The number of rotatable bonds is 9. The largest absolute Gasteiger partial charge is 0.497 e. The lowest BCUT2D eigenvalue weighted by Crippen LogP contribution is -2.38. The number of carbonyl (C=O) groups excluding carboxylic acids is 2. The zero-order valence-electron chi connectivity index (χ0n) is 19.8. The Labute approximate surface area is 198 Å². The highest BCUT2D eigenvalue weighted by atomic mass is 16.5. The SMILES string of the molecule is COc1ccc(C(=O)c2ccc(OC3CCC(NC(C)=O)CC3)nc2)c(OC(C)(C)C(=O)O)c1. The molecule has 9 nitrogen and oxygen atoms in total. The maximum atomic E-state index is 13.2. The topological polar surface area (TPSA) is 124 Å². The third kappa shape index (κ3) is 6.24. The van der Waals surface area contributed by atoms with E-state index in [2.05, 4.69) is 10.3 Å². The summed E-state index contributed by atoms with van der Waals surface area (Å²) >= 11 is 0. The van der Waals surface area contributed by atoms with Crippen molar-refractivity contribution in [2.75, 3.05) is 7.11 Å². The number of ketones is 1. The van der Waals surface area contributed by atoms with Gasteiger partial charge >= 0.3 is 5.97 Å². The normalized spacial score (nSPS) is 18.0. The number of carbonyl (C=O) groups is 3. The van der Waals surface area contributed by atoms with Gasteiger partial charge < -0.3 is 24.6 Å². The number of carboxylic acid groups (broad SMARTS) is 1. The number of aliphatic carboxylic acids is 1. The van der Waals surface area contributed by atoms with Gasteiger partial charge in [-0.3, -0.25) is 9.59 Å². The molecule has 9 heteroatoms. The Morgan fingerprint density at radius 2 is 1.79 bits per heavy atom. The highest BCUT2D eigenvalue weighted by molar-refractivity contribution is 6.10. The first-order chi connectivity index (χ1) is 16.1. The molecular weight excluding hydrogens is 440 g/mol. The number of aromatic nitrogens is 1. The Kier molecular flexibility index (Phi) is 7.75. The van der Waals surface area contributed by atoms with E-state index in [1.54, 1.807) is 18.2 Å². The standard InChI is InChI=1S/C25H30N2O7/c1-15(28)27-17-6-8-18(9-7-17)33-22-12-5-16(14-26-22)23(29)20-11-10-19(32-4)13-21(20)34-25(2,3)24(30)31/h5,10-14,17-18H,6-9H2,1-4H3,(H,27,28)(H,30,31). The van der Waals surface area contributed by atoms with Crippen LogP contribution in [0.3, 0.4) is 0 Å². The Balaban J connectivity index is 1.71. The van der Waals surface area contributed by atoms with E-state index >= 15 is 0 Å². The fourth-order valence-corrected chi connectivity index (χ4v) is 3.74. The zero-order chi connectivity index (χ0) is 24.9. The number of pyridine rings is 1. The number of nitrogens with zero attached hydrogens (tertiary/aromatic N) is 1. The van der Waals surface area contributed by atoms with E-state index in [1.165, 1.54) is 46.2 Å². The van der Waals surface area contributed by atoms with Crippen LogP contribution in [0.1, 0.15) is 62.4 Å². The summed E-state index contributed by atoms with van der Waals surface area (Å²) in [6.07, 6.45) is 4.72. The molecule has 2 N–H and O–H groups in total. The second-order valence-electron chi connectivity index (χ2n) is 8.79. The molecule has 3 rings (SSSR count). The molecule has 0 aliphatic heterocycles. The van der Waals surface area contributed by atoms with Crippen LogP contribution in [-0.2, 0) is 9.59 Å². The first-order valence-corrected chi connectivity index (χ1v) is 11.1. The van der Waals surface area contributed by atoms with Crippen molar-refractivity contribution in [3.63, 3.8) is 0 Å². The maximum Gasteiger partial charge on any atom is 0.347 e. The third-order valence-corrected chi connectivity index (χ3v) is 5.68. The van der Waals surface area contributed by atoms with Crippen LogP contribution in [0.2, 0.25) is 0 Å². The van der Waals surface area contributed by atoms with Gasteiger partial charge in [-0.05, 0) is 57.7 Å². The zero-order valence-corrected chi connectivity index (χ0v) is 19.8. The molecule has 1 aromatic heterocycles. The molecule has 1 heterocycles. The summed E-state index contributed by atoms with van der Waals surface area (Å²) in [6, 6.07) is 8.06. The summed E-state index contributed by atoms with van der Waals surface area (Å²) in [5.41, 5.74) is -1.04. The van der Waals surface area contributed by atoms with E-state index < -0.39 is 11.6 Å². The van der Waals surface area contributed by atoms with Gasteiger partial charge in [-0.1, -0.05) is 0 Å². The Hall–Kier alpha value is -3.62. The van der Waals surface area contributed by atoms with Crippen molar-refractivity contribution in [3.8, 4) is 17.4 Å². The van der Waals surface area contributed by atoms with Crippen LogP contribution >= 0.6 is 0 Å². The van der Waals surface area contributed by atoms with Crippen molar-refractivity contribution in [1.29, 1.82) is 0 Å². The van der Waals surface area contributed by atoms with Crippen LogP contribution in [0.5, 0.6) is 17.4 Å². The summed E-state index contributed by atoms with van der Waals surface area (Å²) in [4.78, 5) is 40.2. The number of methoxy groups -OCH3 is 1. The molecule has 34 heavy (non-hydrogen) atoms. The summed E-state index contributed by atoms with van der Waals surface area (Å²) in [5, 5.41) is 12.3. The van der Waals surface area contributed by atoms with Crippen LogP contribution < -0.4 is 19.5 Å². The molecule has 1 aromatic carbocycles. The van der Waals surface area contributed by atoms with E-state index in [1.807, 2.05) is 0 Å². The molecule has 1 saturated carbocycles. The van der Waals surface area contributed by atoms with Gasteiger partial charge in [0.15, 0.2) is 11.4 Å². The monoisotopic (exact) mass is 470 g/mol. The highest BCUT2D eigenvalue weighted by Crippen LogP contribution is 2.30.